The molecule has 0 radical (unpaired) electrons. The predicted molar refractivity (Wildman–Crippen MR) is 182 cm³/mol. The van der Waals surface area contributed by atoms with Gasteiger partial charge in [-0.15, -0.1) is 42.2 Å². The third-order valence-electron chi connectivity index (χ3n) is 8.05. The number of nitrogens with zero attached hydrogens (tertiary/aromatic N) is 3. The molecule has 0 saturated heterocycles. The van der Waals surface area contributed by atoms with Gasteiger partial charge in [0, 0.05) is 54.8 Å². The number of hydrogen-bond acceptors (Lipinski definition) is 5. The summed E-state index contributed by atoms with van der Waals surface area (Å²) >= 11 is 1.72. The molecule has 1 aliphatic rings. The van der Waals surface area contributed by atoms with Crippen molar-refractivity contribution < 1.29 is 25.8 Å². The van der Waals surface area contributed by atoms with Gasteiger partial charge in [0.25, 0.3) is 0 Å². The first-order valence-corrected chi connectivity index (χ1v) is 15.4. The molecule has 3 heterocycles. The smallest absolute Gasteiger partial charge is 0.0595 e. The van der Waals surface area contributed by atoms with Crippen molar-refractivity contribution >= 4 is 54.3 Å². The van der Waals surface area contributed by atoms with Crippen molar-refractivity contribution in [3.63, 3.8) is 0 Å². The number of ether oxygens (including phenoxy) is 1. The van der Waals surface area contributed by atoms with Crippen LogP contribution in [0.2, 0.25) is 0 Å². The van der Waals surface area contributed by atoms with Gasteiger partial charge in [-0.25, -0.2) is 0 Å². The quantitative estimate of drug-likeness (QED) is 0.163. The summed E-state index contributed by atoms with van der Waals surface area (Å²) in [6.45, 7) is 8.66. The standard InChI is InChI=1S/C39H28N3OS.Pt/c1-25-19-26(2)38(27(3)20-25)42-24-41(34-15-5-6-16-35(34)42)29-11-10-12-30(23-29)43-36-22-28(33-14-8-9-18-40-33)21-32-31-13-4-7-17-37(31)44-39(32)36;/h4-21,24H,1-3H3;/q-3;. The van der Waals surface area contributed by atoms with Gasteiger partial charge in [0.2, 0.25) is 0 Å². The largest absolute Gasteiger partial charge is 0.501 e. The molecule has 0 spiro atoms. The Bertz CT molecular complexity index is 2170. The summed E-state index contributed by atoms with van der Waals surface area (Å²) < 4.78 is 8.92. The number of aryl methyl sites for hydroxylation is 3. The Morgan fingerprint density at radius 2 is 1.47 bits per heavy atom. The zero-order chi connectivity index (χ0) is 29.8. The van der Waals surface area contributed by atoms with Gasteiger partial charge in [-0.3, -0.25) is 0 Å². The van der Waals surface area contributed by atoms with Gasteiger partial charge in [-0.05, 0) is 71.9 Å². The molecule has 2 aromatic heterocycles. The number of rotatable bonds is 5. The zero-order valence-corrected chi connectivity index (χ0v) is 28.0. The SMILES string of the molecule is Cc1cc(C)c(N2[CH-]N(c3[c-]c(Oc4[c-]c(-c5ccccn5)cc5c4sc4ccccc45)ccc3)c3ccccc32)c(C)c1.[Pt]. The van der Waals surface area contributed by atoms with Gasteiger partial charge in [0.05, 0.1) is 5.75 Å². The van der Waals surface area contributed by atoms with Crippen LogP contribution in [0.15, 0.2) is 109 Å². The van der Waals surface area contributed by atoms with Gasteiger partial charge in [0.15, 0.2) is 0 Å². The van der Waals surface area contributed by atoms with Crippen LogP contribution in [0.3, 0.4) is 0 Å². The van der Waals surface area contributed by atoms with Crippen LogP contribution in [0.25, 0.3) is 31.4 Å². The Kier molecular flexibility index (Phi) is 7.69. The third kappa shape index (κ3) is 5.20. The van der Waals surface area contributed by atoms with Crippen molar-refractivity contribution in [3.8, 4) is 22.8 Å². The van der Waals surface area contributed by atoms with Crippen molar-refractivity contribution in [2.45, 2.75) is 20.8 Å². The third-order valence-corrected chi connectivity index (χ3v) is 9.24. The summed E-state index contributed by atoms with van der Waals surface area (Å²) in [7, 11) is 0. The van der Waals surface area contributed by atoms with E-state index in [1.807, 2.05) is 36.5 Å². The number of para-hydroxylation sites is 2. The number of fused-ring (bicyclic) bond motifs is 4. The topological polar surface area (TPSA) is 28.6 Å². The van der Waals surface area contributed by atoms with Gasteiger partial charge >= 0.3 is 0 Å². The Hall–Kier alpha value is -4.44. The van der Waals surface area contributed by atoms with Crippen LogP contribution < -0.4 is 14.5 Å². The van der Waals surface area contributed by atoms with Crippen LogP contribution in [-0.4, -0.2) is 4.98 Å². The minimum absolute atomic E-state index is 0. The fourth-order valence-corrected chi connectivity index (χ4v) is 7.37. The van der Waals surface area contributed by atoms with E-state index in [2.05, 4.69) is 127 Å². The molecular weight excluding hydrogens is 754 g/mol. The second kappa shape index (κ2) is 11.8. The second-order valence-electron chi connectivity index (χ2n) is 11.2. The molecule has 0 atom stereocenters. The Labute approximate surface area is 281 Å². The van der Waals surface area contributed by atoms with Gasteiger partial charge in [-0.1, -0.05) is 71.6 Å². The van der Waals surface area contributed by atoms with Crippen LogP contribution in [0.1, 0.15) is 16.7 Å². The van der Waals surface area contributed by atoms with Gasteiger partial charge in [0.1, 0.15) is 0 Å². The first-order valence-electron chi connectivity index (χ1n) is 14.6. The molecule has 0 fully saturated rings. The summed E-state index contributed by atoms with van der Waals surface area (Å²) in [6.07, 6.45) is 1.81. The van der Waals surface area contributed by atoms with E-state index in [9.17, 15) is 0 Å². The summed E-state index contributed by atoms with van der Waals surface area (Å²) in [5.74, 6) is 1.30. The van der Waals surface area contributed by atoms with Crippen LogP contribution in [0, 0.1) is 39.6 Å². The predicted octanol–water partition coefficient (Wildman–Crippen LogP) is 10.8. The average Bonchev–Trinajstić information content (AvgIpc) is 3.61. The molecule has 7 aromatic rings. The number of hydrogen-bond donors (Lipinski definition) is 0. The molecule has 5 aromatic carbocycles. The van der Waals surface area contributed by atoms with Crippen molar-refractivity contribution in [2.24, 2.45) is 0 Å². The van der Waals surface area contributed by atoms with Crippen molar-refractivity contribution in [1.82, 2.24) is 4.98 Å². The van der Waals surface area contributed by atoms with Crippen LogP contribution in [0.4, 0.5) is 22.7 Å². The van der Waals surface area contributed by atoms with E-state index in [1.165, 1.54) is 32.5 Å². The molecule has 4 nitrogen and oxygen atoms in total. The Morgan fingerprint density at radius 1 is 0.733 bits per heavy atom. The van der Waals surface area contributed by atoms with E-state index < -0.39 is 0 Å². The average molecular weight is 782 g/mol. The maximum absolute atomic E-state index is 6.65. The Balaban J connectivity index is 0.00000325. The molecule has 0 aliphatic carbocycles. The number of thiophene rings is 1. The van der Waals surface area contributed by atoms with Crippen LogP contribution in [-0.2, 0) is 21.1 Å². The summed E-state index contributed by atoms with van der Waals surface area (Å²) in [5.41, 5.74) is 9.83. The molecular formula is C39H28N3OPtS-3. The van der Waals surface area contributed by atoms with Gasteiger partial charge in [-0.2, -0.15) is 17.4 Å². The molecule has 0 amide bonds. The van der Waals surface area contributed by atoms with Gasteiger partial charge < -0.3 is 19.5 Å². The van der Waals surface area contributed by atoms with Crippen molar-refractivity contribution in [1.29, 1.82) is 0 Å². The normalized spacial score (nSPS) is 12.4. The van der Waals surface area contributed by atoms with E-state index in [0.717, 1.165) is 38.4 Å². The summed E-state index contributed by atoms with van der Waals surface area (Å²) in [6, 6.07) is 42.7. The monoisotopic (exact) mass is 781 g/mol. The molecule has 1 aliphatic heterocycles. The molecule has 0 bridgehead atoms. The van der Waals surface area contributed by atoms with E-state index in [1.54, 1.807) is 11.3 Å². The minimum atomic E-state index is 0. The molecule has 224 valence electrons. The molecule has 0 N–H and O–H groups in total. The number of aromatic nitrogens is 1. The van der Waals surface area contributed by atoms with Crippen LogP contribution >= 0.6 is 11.3 Å². The Morgan fingerprint density at radius 3 is 2.24 bits per heavy atom. The van der Waals surface area contributed by atoms with E-state index in [4.69, 9.17) is 4.74 Å². The number of benzene rings is 5. The first-order chi connectivity index (χ1) is 21.5. The minimum Gasteiger partial charge on any atom is -0.501 e. The van der Waals surface area contributed by atoms with E-state index >= 15 is 0 Å². The fourth-order valence-electron chi connectivity index (χ4n) is 6.25. The summed E-state index contributed by atoms with van der Waals surface area (Å²) in [5, 5.41) is 2.34. The molecule has 45 heavy (non-hydrogen) atoms. The summed E-state index contributed by atoms with van der Waals surface area (Å²) in [4.78, 5) is 9.07. The van der Waals surface area contributed by atoms with E-state index in [0.29, 0.717) is 11.5 Å². The van der Waals surface area contributed by atoms with E-state index in [-0.39, 0.29) is 21.1 Å². The fraction of sp³-hybridized carbons (Fsp3) is 0.0769. The number of anilines is 4. The molecule has 0 saturated carbocycles. The maximum Gasteiger partial charge on any atom is 0.0595 e. The molecule has 8 rings (SSSR count). The molecule has 6 heteroatoms. The van der Waals surface area contributed by atoms with Crippen molar-refractivity contribution in [3.05, 3.63) is 145 Å². The zero-order valence-electron chi connectivity index (χ0n) is 24.9. The maximum atomic E-state index is 6.65. The van der Waals surface area contributed by atoms with Crippen molar-refractivity contribution in [2.75, 3.05) is 9.80 Å². The van der Waals surface area contributed by atoms with Crippen LogP contribution in [0.5, 0.6) is 11.5 Å². The first kappa shape index (κ1) is 29.3. The molecule has 0 unspecified atom stereocenters. The second-order valence-corrected chi connectivity index (χ2v) is 12.2. The number of pyridine rings is 1.